The number of rotatable bonds is 5. The lowest BCUT2D eigenvalue weighted by Crippen LogP contribution is -2.27. The molecule has 4 aromatic heterocycles. The molecule has 5 rings (SSSR count). The van der Waals surface area contributed by atoms with E-state index >= 15 is 0 Å². The minimum atomic E-state index is -1.07. The highest BCUT2D eigenvalue weighted by molar-refractivity contribution is 7.17. The fraction of sp³-hybridized carbons (Fsp3) is 0.400. The molecule has 1 saturated carbocycles. The fourth-order valence-electron chi connectivity index (χ4n) is 4.87. The average molecular weight is 468 g/mol. The molecule has 0 saturated heterocycles. The molecule has 0 aromatic carbocycles. The van der Waals surface area contributed by atoms with Gasteiger partial charge in [0.1, 0.15) is 16.3 Å². The van der Waals surface area contributed by atoms with Crippen LogP contribution < -0.4 is 0 Å². The van der Waals surface area contributed by atoms with Crippen molar-refractivity contribution in [1.82, 2.24) is 14.7 Å². The van der Waals surface area contributed by atoms with Crippen LogP contribution in [0.1, 0.15) is 53.7 Å². The molecule has 1 fully saturated rings. The van der Waals surface area contributed by atoms with Crippen LogP contribution in [0.5, 0.6) is 0 Å². The Balaban J connectivity index is 1.60. The number of alkyl halides is 1. The zero-order chi connectivity index (χ0) is 23.3. The van der Waals surface area contributed by atoms with Gasteiger partial charge in [-0.1, -0.05) is 5.16 Å². The molecule has 6 nitrogen and oxygen atoms in total. The zero-order valence-electron chi connectivity index (χ0n) is 18.9. The van der Waals surface area contributed by atoms with E-state index in [9.17, 15) is 14.3 Å². The van der Waals surface area contributed by atoms with Crippen molar-refractivity contribution in [2.75, 3.05) is 0 Å². The van der Waals surface area contributed by atoms with Crippen LogP contribution in [-0.2, 0) is 6.54 Å². The van der Waals surface area contributed by atoms with E-state index in [1.807, 2.05) is 26.1 Å². The molecule has 1 N–H and O–H groups in total. The van der Waals surface area contributed by atoms with Gasteiger partial charge in [0.05, 0.1) is 16.7 Å². The van der Waals surface area contributed by atoms with Gasteiger partial charge < -0.3 is 14.2 Å². The number of carbonyl (C=O) groups is 1. The summed E-state index contributed by atoms with van der Waals surface area (Å²) in [5, 5.41) is 13.4. The van der Waals surface area contributed by atoms with Crippen molar-refractivity contribution in [1.29, 1.82) is 0 Å². The number of hydrogen-bond acceptors (Lipinski definition) is 5. The van der Waals surface area contributed by atoms with E-state index in [-0.39, 0.29) is 0 Å². The van der Waals surface area contributed by atoms with Gasteiger partial charge in [-0.05, 0) is 70.6 Å². The molecule has 0 atom stereocenters. The number of pyridine rings is 1. The normalized spacial score (nSPS) is 21.0. The standard InChI is InChI=1S/C25H26FN3O3S/c1-14-22(15(2)32-28-14)17-10-19-23(27-11-17)18(20-4-5-21(33-20)24(30)31)13-29(19)12-16-6-8-25(3,26)9-7-16/h4-5,10-11,13,16H,6-9,12H2,1-3H3,(H,30,31). The second kappa shape index (κ2) is 8.09. The molecule has 0 unspecified atom stereocenters. The van der Waals surface area contributed by atoms with Crippen LogP contribution >= 0.6 is 11.3 Å². The van der Waals surface area contributed by atoms with Gasteiger partial charge in [0.2, 0.25) is 0 Å². The molecule has 1 aliphatic rings. The summed E-state index contributed by atoms with van der Waals surface area (Å²) in [5.74, 6) is 0.198. The summed E-state index contributed by atoms with van der Waals surface area (Å²) >= 11 is 1.25. The lowest BCUT2D eigenvalue weighted by molar-refractivity contribution is 0.0702. The Kier molecular flexibility index (Phi) is 5.35. The van der Waals surface area contributed by atoms with Crippen molar-refractivity contribution >= 4 is 28.3 Å². The van der Waals surface area contributed by atoms with Gasteiger partial charge in [-0.15, -0.1) is 11.3 Å². The summed E-state index contributed by atoms with van der Waals surface area (Å²) in [5.41, 5.74) is 4.33. The van der Waals surface area contributed by atoms with Crippen LogP contribution in [0.2, 0.25) is 0 Å². The highest BCUT2D eigenvalue weighted by atomic mass is 32.1. The van der Waals surface area contributed by atoms with Crippen LogP contribution in [0.25, 0.3) is 32.6 Å². The van der Waals surface area contributed by atoms with E-state index in [1.165, 1.54) is 11.3 Å². The first-order valence-corrected chi connectivity index (χ1v) is 12.0. The molecule has 4 aromatic rings. The van der Waals surface area contributed by atoms with Crippen LogP contribution in [0.15, 0.2) is 35.1 Å². The summed E-state index contributed by atoms with van der Waals surface area (Å²) in [4.78, 5) is 17.4. The third-order valence-electron chi connectivity index (χ3n) is 6.72. The number of nitrogens with zero attached hydrogens (tertiary/aromatic N) is 3. The van der Waals surface area contributed by atoms with Gasteiger partial charge >= 0.3 is 5.97 Å². The maximum atomic E-state index is 14.3. The SMILES string of the molecule is Cc1noc(C)c1-c1cnc2c(-c3ccc(C(=O)O)s3)cn(CC3CCC(C)(F)CC3)c2c1. The van der Waals surface area contributed by atoms with E-state index in [1.54, 1.807) is 13.0 Å². The molecule has 0 aliphatic heterocycles. The molecule has 8 heteroatoms. The fourth-order valence-corrected chi connectivity index (χ4v) is 5.72. The van der Waals surface area contributed by atoms with E-state index in [2.05, 4.69) is 22.0 Å². The van der Waals surface area contributed by atoms with Crippen molar-refractivity contribution in [3.8, 4) is 21.6 Å². The van der Waals surface area contributed by atoms with Gasteiger partial charge in [0.25, 0.3) is 0 Å². The molecular formula is C25H26FN3O3S. The monoisotopic (exact) mass is 467 g/mol. The topological polar surface area (TPSA) is 81.2 Å². The molecule has 4 heterocycles. The largest absolute Gasteiger partial charge is 0.477 e. The summed E-state index contributed by atoms with van der Waals surface area (Å²) in [6, 6.07) is 5.57. The number of thiophene rings is 1. The van der Waals surface area contributed by atoms with Crippen molar-refractivity contribution in [3.05, 3.63) is 46.9 Å². The maximum absolute atomic E-state index is 14.3. The first-order valence-electron chi connectivity index (χ1n) is 11.2. The smallest absolute Gasteiger partial charge is 0.345 e. The van der Waals surface area contributed by atoms with Gasteiger partial charge in [0.15, 0.2) is 0 Å². The Labute approximate surface area is 195 Å². The Morgan fingerprint density at radius 2 is 2.09 bits per heavy atom. The third-order valence-corrected chi connectivity index (χ3v) is 7.83. The predicted molar refractivity (Wildman–Crippen MR) is 126 cm³/mol. The highest BCUT2D eigenvalue weighted by Crippen LogP contribution is 2.39. The Morgan fingerprint density at radius 1 is 1.33 bits per heavy atom. The van der Waals surface area contributed by atoms with Crippen LogP contribution in [0.4, 0.5) is 4.39 Å². The summed E-state index contributed by atoms with van der Waals surface area (Å²) in [7, 11) is 0. The molecular weight excluding hydrogens is 441 g/mol. The summed E-state index contributed by atoms with van der Waals surface area (Å²) in [6.07, 6.45) is 6.75. The summed E-state index contributed by atoms with van der Waals surface area (Å²) in [6.45, 7) is 6.27. The average Bonchev–Trinajstić information content (AvgIpc) is 3.47. The second-order valence-electron chi connectivity index (χ2n) is 9.31. The number of aromatic nitrogens is 3. The molecule has 0 radical (unpaired) electrons. The number of carboxylic acids is 1. The Morgan fingerprint density at radius 3 is 2.73 bits per heavy atom. The van der Waals surface area contributed by atoms with Gasteiger partial charge in [0, 0.05) is 40.5 Å². The van der Waals surface area contributed by atoms with E-state index in [0.717, 1.165) is 63.4 Å². The maximum Gasteiger partial charge on any atom is 0.345 e. The predicted octanol–water partition coefficient (Wildman–Crippen LogP) is 6.65. The minimum Gasteiger partial charge on any atom is -0.477 e. The van der Waals surface area contributed by atoms with Crippen LogP contribution in [0, 0.1) is 19.8 Å². The van der Waals surface area contributed by atoms with Crippen LogP contribution in [0.3, 0.4) is 0 Å². The van der Waals surface area contributed by atoms with Crippen molar-refractivity contribution in [2.45, 2.75) is 58.7 Å². The van der Waals surface area contributed by atoms with Crippen molar-refractivity contribution < 1.29 is 18.8 Å². The highest BCUT2D eigenvalue weighted by Gasteiger charge is 2.31. The van der Waals surface area contributed by atoms with Gasteiger partial charge in [-0.3, -0.25) is 4.98 Å². The molecule has 1 aliphatic carbocycles. The molecule has 172 valence electrons. The van der Waals surface area contributed by atoms with Crippen molar-refractivity contribution in [2.24, 2.45) is 5.92 Å². The Hall–Kier alpha value is -3.00. The molecule has 0 amide bonds. The number of fused-ring (bicyclic) bond motifs is 1. The lowest BCUT2D eigenvalue weighted by Gasteiger charge is -2.31. The molecule has 0 bridgehead atoms. The van der Waals surface area contributed by atoms with Crippen molar-refractivity contribution in [3.63, 3.8) is 0 Å². The van der Waals surface area contributed by atoms with Crippen LogP contribution in [-0.4, -0.2) is 31.5 Å². The first-order chi connectivity index (χ1) is 15.7. The van der Waals surface area contributed by atoms with E-state index < -0.39 is 11.6 Å². The number of aromatic carboxylic acids is 1. The number of hydrogen-bond donors (Lipinski definition) is 1. The molecule has 0 spiro atoms. The summed E-state index contributed by atoms with van der Waals surface area (Å²) < 4.78 is 21.9. The van der Waals surface area contributed by atoms with E-state index in [0.29, 0.717) is 23.6 Å². The number of aryl methyl sites for hydroxylation is 2. The Bertz CT molecular complexity index is 1320. The number of carboxylic acid groups (broad SMARTS) is 1. The van der Waals surface area contributed by atoms with E-state index in [4.69, 9.17) is 9.51 Å². The second-order valence-corrected chi connectivity index (χ2v) is 10.4. The third kappa shape index (κ3) is 4.08. The van der Waals surface area contributed by atoms with Gasteiger partial charge in [-0.2, -0.15) is 0 Å². The number of halogens is 1. The lowest BCUT2D eigenvalue weighted by atomic mass is 9.81. The quantitative estimate of drug-likeness (QED) is 0.355. The molecule has 33 heavy (non-hydrogen) atoms. The minimum absolute atomic E-state index is 0.299. The first kappa shape index (κ1) is 21.8. The zero-order valence-corrected chi connectivity index (χ0v) is 19.7. The van der Waals surface area contributed by atoms with Gasteiger partial charge in [-0.25, -0.2) is 9.18 Å².